The number of hydrogen-bond donors (Lipinski definition) is 1. The molecule has 0 aliphatic heterocycles. The summed E-state index contributed by atoms with van der Waals surface area (Å²) in [6.45, 7) is 5.02. The Morgan fingerprint density at radius 2 is 1.78 bits per heavy atom. The van der Waals surface area contributed by atoms with E-state index < -0.39 is 28.4 Å². The lowest BCUT2D eigenvalue weighted by atomic mass is 9.95. The fraction of sp³-hybridized carbons (Fsp3) is 0.333. The number of fused-ring (bicyclic) bond motifs is 1. The van der Waals surface area contributed by atoms with E-state index in [-0.39, 0.29) is 11.5 Å². The molecule has 1 aliphatic carbocycles. The third-order valence-corrected chi connectivity index (χ3v) is 9.70. The lowest BCUT2D eigenvalue weighted by molar-refractivity contribution is -0.114. The minimum Gasteiger partial charge on any atom is -0.462 e. The monoisotopic (exact) mass is 560 g/mol. The highest BCUT2D eigenvalue weighted by Crippen LogP contribution is 2.39. The maximum absolute atomic E-state index is 13.7. The van der Waals surface area contributed by atoms with Gasteiger partial charge in [-0.05, 0) is 81.8 Å². The number of esters is 1. The first kappa shape index (κ1) is 27.2. The average molecular weight is 561 g/mol. The Balaban J connectivity index is 1.71. The molecular weight excluding hydrogens is 532 g/mol. The summed E-state index contributed by atoms with van der Waals surface area (Å²) in [4.78, 5) is 27.3. The van der Waals surface area contributed by atoms with Gasteiger partial charge >= 0.3 is 5.97 Å². The van der Waals surface area contributed by atoms with Gasteiger partial charge in [0.2, 0.25) is 5.91 Å². The molecule has 0 saturated carbocycles. The van der Waals surface area contributed by atoms with Gasteiger partial charge in [-0.15, -0.1) is 11.3 Å². The maximum atomic E-state index is 13.7. The highest BCUT2D eigenvalue weighted by Gasteiger charge is 2.31. The molecule has 0 fully saturated rings. The fourth-order valence-electron chi connectivity index (χ4n) is 4.37. The van der Waals surface area contributed by atoms with E-state index in [9.17, 15) is 18.0 Å². The minimum absolute atomic E-state index is 0.0593. The van der Waals surface area contributed by atoms with Gasteiger partial charge in [0.05, 0.1) is 22.8 Å². The molecule has 0 radical (unpaired) electrons. The second kappa shape index (κ2) is 11.2. The summed E-state index contributed by atoms with van der Waals surface area (Å²) in [7, 11) is -4.11. The van der Waals surface area contributed by atoms with Crippen LogP contribution in [0.5, 0.6) is 0 Å². The molecule has 1 heterocycles. The molecule has 4 rings (SSSR count). The van der Waals surface area contributed by atoms with Gasteiger partial charge in [0, 0.05) is 9.90 Å². The molecule has 2 aromatic carbocycles. The molecule has 1 aromatic heterocycles. The van der Waals surface area contributed by atoms with Crippen LogP contribution in [0.1, 0.15) is 51.7 Å². The topological polar surface area (TPSA) is 92.8 Å². The van der Waals surface area contributed by atoms with Gasteiger partial charge < -0.3 is 10.1 Å². The molecular formula is C27H29ClN2O5S2. The van der Waals surface area contributed by atoms with Crippen molar-refractivity contribution in [3.05, 3.63) is 74.6 Å². The van der Waals surface area contributed by atoms with Crippen LogP contribution < -0.4 is 9.62 Å². The van der Waals surface area contributed by atoms with Crippen molar-refractivity contribution < 1.29 is 22.7 Å². The van der Waals surface area contributed by atoms with Crippen molar-refractivity contribution in [2.45, 2.75) is 51.3 Å². The highest BCUT2D eigenvalue weighted by atomic mass is 35.5. The molecule has 196 valence electrons. The number of sulfonamides is 1. The quantitative estimate of drug-likeness (QED) is 0.346. The predicted octanol–water partition coefficient (Wildman–Crippen LogP) is 5.91. The maximum Gasteiger partial charge on any atom is 0.341 e. The van der Waals surface area contributed by atoms with Gasteiger partial charge in [-0.2, -0.15) is 0 Å². The summed E-state index contributed by atoms with van der Waals surface area (Å²) in [5.41, 5.74) is 3.04. The van der Waals surface area contributed by atoms with E-state index in [0.717, 1.165) is 46.0 Å². The molecule has 10 heteroatoms. The number of anilines is 2. The first-order valence-electron chi connectivity index (χ1n) is 12.1. The molecule has 37 heavy (non-hydrogen) atoms. The van der Waals surface area contributed by atoms with Crippen molar-refractivity contribution >= 4 is 55.5 Å². The number of carbonyl (C=O) groups excluding carboxylic acids is 2. The number of rotatable bonds is 8. The number of aryl methyl sites for hydroxylation is 2. The molecule has 1 aliphatic rings. The van der Waals surface area contributed by atoms with Crippen molar-refractivity contribution in [1.29, 1.82) is 0 Å². The number of hydrogen-bond acceptors (Lipinski definition) is 6. The number of nitrogens with zero attached hydrogens (tertiary/aromatic N) is 1. The lowest BCUT2D eigenvalue weighted by Crippen LogP contribution is -2.38. The van der Waals surface area contributed by atoms with Crippen molar-refractivity contribution in [2.24, 2.45) is 0 Å². The smallest absolute Gasteiger partial charge is 0.341 e. The Morgan fingerprint density at radius 1 is 1.08 bits per heavy atom. The predicted molar refractivity (Wildman–Crippen MR) is 147 cm³/mol. The van der Waals surface area contributed by atoms with Gasteiger partial charge in [0.25, 0.3) is 10.0 Å². The van der Waals surface area contributed by atoms with Crippen LogP contribution in [0, 0.1) is 13.8 Å². The van der Waals surface area contributed by atoms with E-state index in [1.54, 1.807) is 44.2 Å². The van der Waals surface area contributed by atoms with Crippen LogP contribution in [0.4, 0.5) is 10.7 Å². The minimum atomic E-state index is -4.11. The van der Waals surface area contributed by atoms with Crippen molar-refractivity contribution in [1.82, 2.24) is 0 Å². The molecule has 1 amide bonds. The fourth-order valence-corrected chi connectivity index (χ4v) is 7.31. The average Bonchev–Trinajstić information content (AvgIpc) is 3.22. The van der Waals surface area contributed by atoms with E-state index >= 15 is 0 Å². The molecule has 0 unspecified atom stereocenters. The zero-order valence-corrected chi connectivity index (χ0v) is 23.4. The van der Waals surface area contributed by atoms with Crippen LogP contribution >= 0.6 is 22.9 Å². The van der Waals surface area contributed by atoms with E-state index in [0.29, 0.717) is 26.8 Å². The number of amides is 1. The van der Waals surface area contributed by atoms with Crippen molar-refractivity contribution in [2.75, 3.05) is 22.8 Å². The van der Waals surface area contributed by atoms with E-state index in [1.807, 2.05) is 6.92 Å². The number of halogens is 1. The number of ether oxygens (including phenoxy) is 1. The molecule has 0 bridgehead atoms. The third-order valence-electron chi connectivity index (χ3n) is 6.31. The van der Waals surface area contributed by atoms with Crippen LogP contribution in [-0.2, 0) is 32.4 Å². The first-order chi connectivity index (χ1) is 17.6. The number of benzene rings is 2. The van der Waals surface area contributed by atoms with Crippen LogP contribution in [-0.4, -0.2) is 33.4 Å². The Kier molecular flexibility index (Phi) is 8.26. The molecule has 1 N–H and O–H groups in total. The van der Waals surface area contributed by atoms with Crippen LogP contribution in [0.2, 0.25) is 5.02 Å². The van der Waals surface area contributed by atoms with Crippen molar-refractivity contribution in [3.8, 4) is 0 Å². The Bertz CT molecular complexity index is 1430. The summed E-state index contributed by atoms with van der Waals surface area (Å²) in [6.07, 6.45) is 3.54. The highest BCUT2D eigenvalue weighted by molar-refractivity contribution is 7.92. The normalized spacial score (nSPS) is 13.1. The third kappa shape index (κ3) is 5.68. The zero-order chi connectivity index (χ0) is 26.7. The summed E-state index contributed by atoms with van der Waals surface area (Å²) in [5, 5.41) is 3.59. The lowest BCUT2D eigenvalue weighted by Gasteiger charge is -2.26. The van der Waals surface area contributed by atoms with Gasteiger partial charge in [-0.1, -0.05) is 35.4 Å². The molecule has 0 spiro atoms. The van der Waals surface area contributed by atoms with Gasteiger partial charge in [0.1, 0.15) is 11.5 Å². The summed E-state index contributed by atoms with van der Waals surface area (Å²) in [5.74, 6) is -1.05. The van der Waals surface area contributed by atoms with Gasteiger partial charge in [-0.25, -0.2) is 13.2 Å². The van der Waals surface area contributed by atoms with E-state index in [4.69, 9.17) is 16.3 Å². The van der Waals surface area contributed by atoms with E-state index in [2.05, 4.69) is 5.32 Å². The molecule has 0 saturated heterocycles. The van der Waals surface area contributed by atoms with Crippen LogP contribution in [0.25, 0.3) is 0 Å². The summed E-state index contributed by atoms with van der Waals surface area (Å²) < 4.78 is 33.8. The van der Waals surface area contributed by atoms with Crippen LogP contribution in [0.15, 0.2) is 47.4 Å². The summed E-state index contributed by atoms with van der Waals surface area (Å²) in [6, 6.07) is 11.4. The molecule has 3 aromatic rings. The molecule has 0 atom stereocenters. The molecule has 7 nitrogen and oxygen atoms in total. The SMILES string of the molecule is CCOC(=O)c1c(NC(=O)CN(c2cccc(Cl)c2C)S(=O)(=O)c2ccc(C)cc2)sc2c1CCCC2. The van der Waals surface area contributed by atoms with Gasteiger partial charge in [0.15, 0.2) is 0 Å². The standard InChI is InChI=1S/C27H29ClN2O5S2/c1-4-35-27(32)25-20-8-5-6-11-23(20)36-26(25)29-24(31)16-30(22-10-7-9-21(28)18(22)3)37(33,34)19-14-12-17(2)13-15-19/h7,9-10,12-15H,4-6,8,11,16H2,1-3H3,(H,29,31). The number of thiophene rings is 1. The Labute approximate surface area is 226 Å². The van der Waals surface area contributed by atoms with E-state index in [1.165, 1.54) is 23.5 Å². The zero-order valence-electron chi connectivity index (χ0n) is 21.0. The largest absolute Gasteiger partial charge is 0.462 e. The summed E-state index contributed by atoms with van der Waals surface area (Å²) >= 11 is 7.67. The first-order valence-corrected chi connectivity index (χ1v) is 14.7. The second-order valence-corrected chi connectivity index (χ2v) is 12.3. The second-order valence-electron chi connectivity index (χ2n) is 8.89. The van der Waals surface area contributed by atoms with Crippen LogP contribution in [0.3, 0.4) is 0 Å². The Hall–Kier alpha value is -2.88. The Morgan fingerprint density at radius 3 is 2.49 bits per heavy atom. The number of nitrogens with one attached hydrogen (secondary N) is 1. The van der Waals surface area contributed by atoms with Gasteiger partial charge in [-0.3, -0.25) is 9.10 Å². The number of carbonyl (C=O) groups is 2. The van der Waals surface area contributed by atoms with Crippen molar-refractivity contribution in [3.63, 3.8) is 0 Å².